The van der Waals surface area contributed by atoms with Gasteiger partial charge in [0.25, 0.3) is 0 Å². The lowest BCUT2D eigenvalue weighted by Crippen LogP contribution is -2.14. The molecule has 0 saturated carbocycles. The van der Waals surface area contributed by atoms with Gasteiger partial charge in [0, 0.05) is 84.0 Å². The highest BCUT2D eigenvalue weighted by atomic mass is 32.1. The summed E-state index contributed by atoms with van der Waals surface area (Å²) in [6.07, 6.45) is 0. The molecule has 7 heteroatoms. The van der Waals surface area contributed by atoms with Gasteiger partial charge in [0.1, 0.15) is 22.3 Å². The minimum Gasteiger partial charge on any atom is -0.456 e. The number of para-hydroxylation sites is 1. The van der Waals surface area contributed by atoms with Gasteiger partial charge in [-0.3, -0.25) is 0 Å². The molecule has 0 saturated heterocycles. The Morgan fingerprint density at radius 2 is 0.849 bits per heavy atom. The highest BCUT2D eigenvalue weighted by Gasteiger charge is 2.35. The van der Waals surface area contributed by atoms with Crippen LogP contribution in [0.4, 0.5) is 0 Å². The summed E-state index contributed by atoms with van der Waals surface area (Å²) in [5.74, 6) is 1.81. The highest BCUT2D eigenvalue weighted by Crippen LogP contribution is 2.51. The van der Waals surface area contributed by atoms with E-state index in [-0.39, 0.29) is 5.41 Å². The molecular formula is C66H39N3O2S2. The van der Waals surface area contributed by atoms with Crippen molar-refractivity contribution >= 4 is 107 Å². The molecule has 10 aromatic carbocycles. The summed E-state index contributed by atoms with van der Waals surface area (Å²) >= 11 is 3.59. The van der Waals surface area contributed by atoms with E-state index < -0.39 is 0 Å². The van der Waals surface area contributed by atoms with Gasteiger partial charge in [-0.1, -0.05) is 147 Å². The third-order valence-electron chi connectivity index (χ3n) is 15.4. The molecule has 0 N–H and O–H groups in total. The predicted octanol–water partition coefficient (Wildman–Crippen LogP) is 19.0. The first kappa shape index (κ1) is 40.9. The van der Waals surface area contributed by atoms with Crippen molar-refractivity contribution in [2.75, 3.05) is 0 Å². The van der Waals surface area contributed by atoms with Crippen molar-refractivity contribution in [1.29, 1.82) is 0 Å². The number of nitrogens with zero attached hydrogens (tertiary/aromatic N) is 3. The van der Waals surface area contributed by atoms with Crippen molar-refractivity contribution in [2.45, 2.75) is 19.3 Å². The molecule has 342 valence electrons. The molecule has 0 aliphatic heterocycles. The van der Waals surface area contributed by atoms with Gasteiger partial charge in [-0.25, -0.2) is 15.0 Å². The number of furan rings is 2. The number of aromatic nitrogens is 3. The second kappa shape index (κ2) is 15.1. The van der Waals surface area contributed by atoms with Crippen LogP contribution in [0.25, 0.3) is 152 Å². The molecular weight excluding hydrogens is 931 g/mol. The molecule has 5 aromatic heterocycles. The maximum absolute atomic E-state index is 6.73. The predicted molar refractivity (Wildman–Crippen MR) is 305 cm³/mol. The van der Waals surface area contributed by atoms with Crippen LogP contribution in [0.2, 0.25) is 0 Å². The fourth-order valence-corrected chi connectivity index (χ4v) is 14.1. The number of thiophene rings is 2. The number of rotatable bonds is 5. The second-order valence-electron chi connectivity index (χ2n) is 19.8. The maximum atomic E-state index is 6.73. The van der Waals surface area contributed by atoms with Gasteiger partial charge >= 0.3 is 0 Å². The Kier molecular flexibility index (Phi) is 8.49. The van der Waals surface area contributed by atoms with Gasteiger partial charge < -0.3 is 8.83 Å². The zero-order chi connectivity index (χ0) is 48.1. The Hall–Kier alpha value is -8.75. The standard InChI is InChI=1S/C66H39N3O2S2/c1-66(2)51-17-7-3-12-41(51)49-30-36(24-28-52(49)66)40-32-48(61-46-15-4-8-18-53(46)71-56(61)33-40)37-25-29-54-50(31-37)62-47(16-11-19-55(62)70-54)65-68-63(38-22-26-44-42-13-5-9-20-57(42)72-59(44)34-38)67-64(69-65)39-23-27-45-43-14-6-10-21-58(43)73-60(45)35-39/h3-35H,1-2H3. The fraction of sp³-hybridized carbons (Fsp3) is 0.0455. The van der Waals surface area contributed by atoms with Gasteiger partial charge in [0.2, 0.25) is 0 Å². The molecule has 0 atom stereocenters. The summed E-state index contributed by atoms with van der Waals surface area (Å²) < 4.78 is 18.3. The minimum absolute atomic E-state index is 0.0771. The number of hydrogen-bond acceptors (Lipinski definition) is 7. The molecule has 15 aromatic rings. The lowest BCUT2D eigenvalue weighted by molar-refractivity contribution is 0.660. The Morgan fingerprint density at radius 3 is 1.60 bits per heavy atom. The Bertz CT molecular complexity index is 4720. The first-order chi connectivity index (χ1) is 35.9. The lowest BCUT2D eigenvalue weighted by Gasteiger charge is -2.21. The third-order valence-corrected chi connectivity index (χ3v) is 17.6. The van der Waals surface area contributed by atoms with Gasteiger partial charge in [0.15, 0.2) is 17.5 Å². The zero-order valence-electron chi connectivity index (χ0n) is 39.5. The van der Waals surface area contributed by atoms with Crippen LogP contribution >= 0.6 is 22.7 Å². The van der Waals surface area contributed by atoms with Crippen molar-refractivity contribution in [3.05, 3.63) is 211 Å². The van der Waals surface area contributed by atoms with Crippen molar-refractivity contribution in [1.82, 2.24) is 15.0 Å². The smallest absolute Gasteiger partial charge is 0.164 e. The zero-order valence-corrected chi connectivity index (χ0v) is 41.2. The number of benzene rings is 10. The summed E-state index contributed by atoms with van der Waals surface area (Å²) in [4.78, 5) is 16.0. The van der Waals surface area contributed by atoms with Crippen LogP contribution < -0.4 is 0 Å². The summed E-state index contributed by atoms with van der Waals surface area (Å²) in [6, 6.07) is 71.8. The van der Waals surface area contributed by atoms with Crippen LogP contribution in [-0.2, 0) is 5.41 Å². The number of hydrogen-bond donors (Lipinski definition) is 0. The summed E-state index contributed by atoms with van der Waals surface area (Å²) in [6.45, 7) is 4.66. The van der Waals surface area contributed by atoms with Crippen molar-refractivity contribution in [3.63, 3.8) is 0 Å². The van der Waals surface area contributed by atoms with E-state index in [1.54, 1.807) is 22.7 Å². The summed E-state index contributed by atoms with van der Waals surface area (Å²) in [7, 11) is 0. The molecule has 1 aliphatic rings. The van der Waals surface area contributed by atoms with Crippen LogP contribution in [0.5, 0.6) is 0 Å². The first-order valence-corrected chi connectivity index (χ1v) is 26.3. The summed E-state index contributed by atoms with van der Waals surface area (Å²) in [5.41, 5.74) is 15.6. The van der Waals surface area contributed by atoms with E-state index in [1.807, 2.05) is 18.2 Å². The van der Waals surface area contributed by atoms with E-state index in [0.29, 0.717) is 17.5 Å². The lowest BCUT2D eigenvalue weighted by atomic mass is 9.82. The molecule has 0 amide bonds. The van der Waals surface area contributed by atoms with E-state index in [2.05, 4.69) is 196 Å². The Morgan fingerprint density at radius 1 is 0.315 bits per heavy atom. The average Bonchev–Trinajstić information content (AvgIpc) is 4.25. The molecule has 0 fully saturated rings. The van der Waals surface area contributed by atoms with Gasteiger partial charge in [-0.2, -0.15) is 0 Å². The quantitative estimate of drug-likeness (QED) is 0.172. The topological polar surface area (TPSA) is 65.0 Å². The average molecular weight is 970 g/mol. The van der Waals surface area contributed by atoms with E-state index >= 15 is 0 Å². The molecule has 5 nitrogen and oxygen atoms in total. The highest BCUT2D eigenvalue weighted by molar-refractivity contribution is 7.26. The number of fused-ring (bicyclic) bond motifs is 15. The maximum Gasteiger partial charge on any atom is 0.164 e. The van der Waals surface area contributed by atoms with E-state index in [9.17, 15) is 0 Å². The monoisotopic (exact) mass is 969 g/mol. The molecule has 0 bridgehead atoms. The van der Waals surface area contributed by atoms with Crippen LogP contribution in [0.1, 0.15) is 25.0 Å². The van der Waals surface area contributed by atoms with Gasteiger partial charge in [-0.15, -0.1) is 22.7 Å². The van der Waals surface area contributed by atoms with Crippen molar-refractivity contribution in [3.8, 4) is 67.5 Å². The fourth-order valence-electron chi connectivity index (χ4n) is 11.8. The first-order valence-electron chi connectivity index (χ1n) is 24.6. The molecule has 1 aliphatic carbocycles. The minimum atomic E-state index is -0.0771. The van der Waals surface area contributed by atoms with Crippen molar-refractivity contribution in [2.24, 2.45) is 0 Å². The second-order valence-corrected chi connectivity index (χ2v) is 22.0. The van der Waals surface area contributed by atoms with Crippen LogP contribution in [0.3, 0.4) is 0 Å². The van der Waals surface area contributed by atoms with E-state index in [4.69, 9.17) is 23.8 Å². The molecule has 0 spiro atoms. The van der Waals surface area contributed by atoms with E-state index in [1.165, 1.54) is 62.6 Å². The molecule has 0 unspecified atom stereocenters. The molecule has 0 radical (unpaired) electrons. The van der Waals surface area contributed by atoms with Crippen LogP contribution in [-0.4, -0.2) is 15.0 Å². The van der Waals surface area contributed by atoms with E-state index in [0.717, 1.165) is 82.8 Å². The Labute approximate surface area is 426 Å². The van der Waals surface area contributed by atoms with Crippen LogP contribution in [0.15, 0.2) is 209 Å². The SMILES string of the molecule is CC1(C)c2ccccc2-c2cc(-c3cc(-c4ccc5oc6cccc(-c7nc(-c8ccc9c(c8)sc8ccccc89)nc(-c8ccc9c(c8)sc8ccccc89)n7)c6c5c4)c4c(c3)oc3ccccc34)ccc21. The molecule has 73 heavy (non-hydrogen) atoms. The van der Waals surface area contributed by atoms with Gasteiger partial charge in [-0.05, 0) is 111 Å². The summed E-state index contributed by atoms with van der Waals surface area (Å²) in [5, 5.41) is 9.06. The van der Waals surface area contributed by atoms with Crippen LogP contribution in [0, 0.1) is 0 Å². The Balaban J connectivity index is 0.896. The van der Waals surface area contributed by atoms with Gasteiger partial charge in [0.05, 0.1) is 0 Å². The third kappa shape index (κ3) is 6.10. The largest absolute Gasteiger partial charge is 0.456 e. The van der Waals surface area contributed by atoms with Crippen molar-refractivity contribution < 1.29 is 8.83 Å². The molecule has 16 rings (SSSR count). The normalized spacial score (nSPS) is 13.2. The molecule has 5 heterocycles.